The van der Waals surface area contributed by atoms with Gasteiger partial charge in [0.1, 0.15) is 0 Å². The Morgan fingerprint density at radius 2 is 2.09 bits per heavy atom. The van der Waals surface area contributed by atoms with Crippen molar-refractivity contribution in [1.82, 2.24) is 0 Å². The van der Waals surface area contributed by atoms with Crippen molar-refractivity contribution in [3.05, 3.63) is 0 Å². The minimum absolute atomic E-state index is 0.486. The van der Waals surface area contributed by atoms with Gasteiger partial charge in [-0.25, -0.2) is 0 Å². The molecular formula is C9H19NS. The summed E-state index contributed by atoms with van der Waals surface area (Å²) in [5.74, 6) is 1.29. The van der Waals surface area contributed by atoms with Gasteiger partial charge in [0.05, 0.1) is 0 Å². The number of rotatable bonds is 3. The Morgan fingerprint density at radius 3 is 2.73 bits per heavy atom. The highest BCUT2D eigenvalue weighted by atomic mass is 32.2. The van der Waals surface area contributed by atoms with Crippen LogP contribution in [0.1, 0.15) is 39.0 Å². The zero-order chi connectivity index (χ0) is 8.10. The summed E-state index contributed by atoms with van der Waals surface area (Å²) in [7, 11) is 0. The summed E-state index contributed by atoms with van der Waals surface area (Å²) >= 11 is 2.08. The molecule has 1 aliphatic carbocycles. The van der Waals surface area contributed by atoms with Crippen molar-refractivity contribution in [1.29, 1.82) is 0 Å². The highest BCUT2D eigenvalue weighted by Crippen LogP contribution is 2.27. The normalized spacial score (nSPS) is 32.2. The molecule has 0 aromatic rings. The van der Waals surface area contributed by atoms with E-state index in [2.05, 4.69) is 18.7 Å². The van der Waals surface area contributed by atoms with Gasteiger partial charge >= 0.3 is 0 Å². The molecule has 2 atom stereocenters. The fraction of sp³-hybridized carbons (Fsp3) is 1.00. The lowest BCUT2D eigenvalue weighted by Gasteiger charge is -2.27. The second kappa shape index (κ2) is 5.04. The maximum atomic E-state index is 6.00. The Labute approximate surface area is 74.1 Å². The second-order valence-corrected chi connectivity index (χ2v) is 4.70. The first-order valence-electron chi connectivity index (χ1n) is 4.71. The van der Waals surface area contributed by atoms with Gasteiger partial charge < -0.3 is 5.73 Å². The molecule has 0 heterocycles. The zero-order valence-electron chi connectivity index (χ0n) is 7.38. The summed E-state index contributed by atoms with van der Waals surface area (Å²) in [6.45, 7) is 2.24. The van der Waals surface area contributed by atoms with E-state index in [1.165, 1.54) is 37.9 Å². The van der Waals surface area contributed by atoms with Crippen LogP contribution in [0.25, 0.3) is 0 Å². The van der Waals surface area contributed by atoms with Gasteiger partial charge in [0.15, 0.2) is 0 Å². The summed E-state index contributed by atoms with van der Waals surface area (Å²) < 4.78 is 0. The van der Waals surface area contributed by atoms with E-state index in [9.17, 15) is 0 Å². The van der Waals surface area contributed by atoms with Crippen molar-refractivity contribution in [3.63, 3.8) is 0 Å². The molecule has 1 nitrogen and oxygen atoms in total. The number of hydrogen-bond donors (Lipinski definition) is 1. The first-order chi connectivity index (χ1) is 5.34. The van der Waals surface area contributed by atoms with E-state index in [1.54, 1.807) is 0 Å². The van der Waals surface area contributed by atoms with Gasteiger partial charge in [0.2, 0.25) is 0 Å². The Balaban J connectivity index is 2.18. The van der Waals surface area contributed by atoms with Gasteiger partial charge in [-0.05, 0) is 25.0 Å². The van der Waals surface area contributed by atoms with Gasteiger partial charge in [-0.15, -0.1) is 0 Å². The van der Waals surface area contributed by atoms with Crippen molar-refractivity contribution in [2.24, 2.45) is 5.73 Å². The lowest BCUT2D eigenvalue weighted by molar-refractivity contribution is 0.453. The number of hydrogen-bond acceptors (Lipinski definition) is 2. The second-order valence-electron chi connectivity index (χ2n) is 3.36. The van der Waals surface area contributed by atoms with E-state index in [0.29, 0.717) is 6.04 Å². The fourth-order valence-corrected chi connectivity index (χ4v) is 2.86. The molecule has 0 spiro atoms. The van der Waals surface area contributed by atoms with Crippen LogP contribution in [-0.4, -0.2) is 17.0 Å². The standard InChI is InChI=1S/C9H19NS/c1-2-7-11-9-6-4-3-5-8(9)10/h8-9H,2-7,10H2,1H3. The van der Waals surface area contributed by atoms with Crippen molar-refractivity contribution < 1.29 is 0 Å². The van der Waals surface area contributed by atoms with Crippen LogP contribution in [0.5, 0.6) is 0 Å². The molecule has 0 radical (unpaired) electrons. The van der Waals surface area contributed by atoms with Crippen molar-refractivity contribution in [3.8, 4) is 0 Å². The Hall–Kier alpha value is 0.310. The van der Waals surface area contributed by atoms with E-state index < -0.39 is 0 Å². The highest BCUT2D eigenvalue weighted by Gasteiger charge is 2.21. The summed E-state index contributed by atoms with van der Waals surface area (Å²) in [6.07, 6.45) is 6.64. The molecule has 2 N–H and O–H groups in total. The number of thioether (sulfide) groups is 1. The van der Waals surface area contributed by atoms with Gasteiger partial charge in [0, 0.05) is 11.3 Å². The van der Waals surface area contributed by atoms with E-state index in [-0.39, 0.29) is 0 Å². The molecule has 2 heteroatoms. The van der Waals surface area contributed by atoms with E-state index in [4.69, 9.17) is 5.73 Å². The highest BCUT2D eigenvalue weighted by molar-refractivity contribution is 7.99. The Morgan fingerprint density at radius 1 is 1.36 bits per heavy atom. The average Bonchev–Trinajstić information content (AvgIpc) is 2.03. The minimum atomic E-state index is 0.486. The van der Waals surface area contributed by atoms with Crippen molar-refractivity contribution in [2.75, 3.05) is 5.75 Å². The van der Waals surface area contributed by atoms with E-state index in [0.717, 1.165) is 5.25 Å². The van der Waals surface area contributed by atoms with Gasteiger partial charge in [-0.3, -0.25) is 0 Å². The molecule has 0 aromatic heterocycles. The summed E-state index contributed by atoms with van der Waals surface area (Å²) in [4.78, 5) is 0. The molecule has 66 valence electrons. The third kappa shape index (κ3) is 3.04. The smallest absolute Gasteiger partial charge is 0.0198 e. The fourth-order valence-electron chi connectivity index (χ4n) is 1.60. The van der Waals surface area contributed by atoms with Gasteiger partial charge in [-0.1, -0.05) is 19.8 Å². The first kappa shape index (κ1) is 9.40. The van der Waals surface area contributed by atoms with E-state index >= 15 is 0 Å². The van der Waals surface area contributed by atoms with Crippen molar-refractivity contribution in [2.45, 2.75) is 50.3 Å². The molecule has 0 aliphatic heterocycles. The third-order valence-corrected chi connectivity index (χ3v) is 3.95. The van der Waals surface area contributed by atoms with E-state index in [1.807, 2.05) is 0 Å². The molecule has 2 unspecified atom stereocenters. The molecule has 0 saturated heterocycles. The van der Waals surface area contributed by atoms with Crippen molar-refractivity contribution >= 4 is 11.8 Å². The monoisotopic (exact) mass is 173 g/mol. The van der Waals surface area contributed by atoms with Crippen LogP contribution in [0.15, 0.2) is 0 Å². The topological polar surface area (TPSA) is 26.0 Å². The SMILES string of the molecule is CCCSC1CCCCC1N. The van der Waals surface area contributed by atoms with Crippen LogP contribution < -0.4 is 5.73 Å². The third-order valence-electron chi connectivity index (χ3n) is 2.29. The lowest BCUT2D eigenvalue weighted by atomic mass is 9.96. The molecule has 11 heavy (non-hydrogen) atoms. The molecule has 0 bridgehead atoms. The summed E-state index contributed by atoms with van der Waals surface area (Å²) in [6, 6.07) is 0.486. The molecule has 0 amide bonds. The van der Waals surface area contributed by atoms with Crippen LogP contribution in [0.3, 0.4) is 0 Å². The largest absolute Gasteiger partial charge is 0.327 e. The maximum absolute atomic E-state index is 6.00. The molecule has 1 aliphatic rings. The Kier molecular flexibility index (Phi) is 4.31. The summed E-state index contributed by atoms with van der Waals surface area (Å²) in [5.41, 5.74) is 6.00. The van der Waals surface area contributed by atoms with Crippen LogP contribution in [0.2, 0.25) is 0 Å². The quantitative estimate of drug-likeness (QED) is 0.709. The zero-order valence-corrected chi connectivity index (χ0v) is 8.20. The van der Waals surface area contributed by atoms with Crippen LogP contribution in [0, 0.1) is 0 Å². The van der Waals surface area contributed by atoms with Gasteiger partial charge in [-0.2, -0.15) is 11.8 Å². The predicted molar refractivity (Wildman–Crippen MR) is 53.0 cm³/mol. The average molecular weight is 173 g/mol. The molecule has 1 fully saturated rings. The summed E-state index contributed by atoms with van der Waals surface area (Å²) in [5, 5.41) is 0.767. The molecule has 0 aromatic carbocycles. The molecule has 1 rings (SSSR count). The van der Waals surface area contributed by atoms with Crippen LogP contribution >= 0.6 is 11.8 Å². The number of nitrogens with two attached hydrogens (primary N) is 1. The van der Waals surface area contributed by atoms with Crippen LogP contribution in [-0.2, 0) is 0 Å². The molecule has 1 saturated carbocycles. The van der Waals surface area contributed by atoms with Gasteiger partial charge in [0.25, 0.3) is 0 Å². The Bertz CT molecular complexity index is 106. The first-order valence-corrected chi connectivity index (χ1v) is 5.76. The minimum Gasteiger partial charge on any atom is -0.327 e. The predicted octanol–water partition coefficient (Wildman–Crippen LogP) is 2.40. The maximum Gasteiger partial charge on any atom is 0.0198 e. The van der Waals surface area contributed by atoms with Crippen LogP contribution in [0.4, 0.5) is 0 Å². The molecular weight excluding hydrogens is 154 g/mol. The lowest BCUT2D eigenvalue weighted by Crippen LogP contribution is -2.35.